The predicted molar refractivity (Wildman–Crippen MR) is 85.4 cm³/mol. The molecule has 4 aromatic rings. The van der Waals surface area contributed by atoms with Gasteiger partial charge in [-0.3, -0.25) is 4.98 Å². The quantitative estimate of drug-likeness (QED) is 0.361. The summed E-state index contributed by atoms with van der Waals surface area (Å²) in [5, 5.41) is 8.43. The Balaban J connectivity index is 2.07. The lowest BCUT2D eigenvalue weighted by atomic mass is 9.86. The maximum atomic E-state index is 4.67. The molecule has 2 heteroatoms. The molecule has 0 radical (unpaired) electrons. The van der Waals surface area contributed by atoms with Crippen LogP contribution in [0.2, 0.25) is 0 Å². The highest BCUT2D eigenvalue weighted by molar-refractivity contribution is 7.08. The summed E-state index contributed by atoms with van der Waals surface area (Å²) in [5.41, 5.74) is 6.74. The molecule has 0 atom stereocenters. The topological polar surface area (TPSA) is 12.9 Å². The lowest BCUT2D eigenvalue weighted by molar-refractivity contribution is 1.21. The van der Waals surface area contributed by atoms with E-state index in [1.165, 1.54) is 38.4 Å². The van der Waals surface area contributed by atoms with Crippen molar-refractivity contribution in [3.8, 4) is 11.1 Å². The van der Waals surface area contributed by atoms with Crippen molar-refractivity contribution in [2.24, 2.45) is 0 Å². The standard InChI is InChI=1S/C18H11NS/c1-2-4-14-11(3-1)7-12-8-13-9-20-10-16(13)15-5-6-19-18(14)17(12)15/h1-7,9-10H,8H2. The molecule has 0 spiro atoms. The summed E-state index contributed by atoms with van der Waals surface area (Å²) in [6, 6.07) is 13.0. The van der Waals surface area contributed by atoms with Gasteiger partial charge in [-0.05, 0) is 50.9 Å². The average molecular weight is 273 g/mol. The van der Waals surface area contributed by atoms with E-state index in [0.29, 0.717) is 0 Å². The molecule has 2 aromatic carbocycles. The Kier molecular flexibility index (Phi) is 1.94. The van der Waals surface area contributed by atoms with Gasteiger partial charge in [0, 0.05) is 17.0 Å². The molecule has 0 saturated heterocycles. The normalized spacial score (nSPS) is 12.8. The molecule has 1 aliphatic rings. The zero-order chi connectivity index (χ0) is 13.1. The molecule has 1 aliphatic carbocycles. The minimum absolute atomic E-state index is 1.03. The summed E-state index contributed by atoms with van der Waals surface area (Å²) in [6.07, 6.45) is 2.97. The number of hydrogen-bond donors (Lipinski definition) is 0. The number of fused-ring (bicyclic) bond motifs is 4. The van der Waals surface area contributed by atoms with E-state index in [1.54, 1.807) is 11.3 Å². The van der Waals surface area contributed by atoms with E-state index < -0.39 is 0 Å². The predicted octanol–water partition coefficient (Wildman–Crippen LogP) is 5.02. The van der Waals surface area contributed by atoms with Gasteiger partial charge in [-0.15, -0.1) is 0 Å². The molecule has 2 aromatic heterocycles. The molecule has 1 nitrogen and oxygen atoms in total. The Morgan fingerprint density at radius 3 is 2.90 bits per heavy atom. The Morgan fingerprint density at radius 2 is 1.90 bits per heavy atom. The van der Waals surface area contributed by atoms with Crippen molar-refractivity contribution in [2.75, 3.05) is 0 Å². The van der Waals surface area contributed by atoms with Crippen LogP contribution in [0.3, 0.4) is 0 Å². The zero-order valence-corrected chi connectivity index (χ0v) is 11.6. The first kappa shape index (κ1) is 10.6. The van der Waals surface area contributed by atoms with Crippen LogP contribution in [-0.4, -0.2) is 4.98 Å². The summed E-state index contributed by atoms with van der Waals surface area (Å²) >= 11 is 1.79. The van der Waals surface area contributed by atoms with Gasteiger partial charge in [0.1, 0.15) is 0 Å². The lowest BCUT2D eigenvalue weighted by Crippen LogP contribution is -2.00. The van der Waals surface area contributed by atoms with Crippen LogP contribution in [-0.2, 0) is 6.42 Å². The second-order valence-electron chi connectivity index (χ2n) is 5.33. The minimum Gasteiger partial charge on any atom is -0.256 e. The van der Waals surface area contributed by atoms with Crippen LogP contribution in [0.5, 0.6) is 0 Å². The van der Waals surface area contributed by atoms with E-state index in [9.17, 15) is 0 Å². The van der Waals surface area contributed by atoms with Crippen molar-refractivity contribution in [3.63, 3.8) is 0 Å². The van der Waals surface area contributed by atoms with Gasteiger partial charge in [0.05, 0.1) is 5.52 Å². The van der Waals surface area contributed by atoms with Gasteiger partial charge in [0.2, 0.25) is 0 Å². The summed E-state index contributed by atoms with van der Waals surface area (Å²) in [4.78, 5) is 4.67. The van der Waals surface area contributed by atoms with Crippen LogP contribution in [0.25, 0.3) is 32.8 Å². The summed E-state index contributed by atoms with van der Waals surface area (Å²) in [5.74, 6) is 0. The maximum Gasteiger partial charge on any atom is 0.0789 e. The van der Waals surface area contributed by atoms with Gasteiger partial charge >= 0.3 is 0 Å². The highest BCUT2D eigenvalue weighted by Crippen LogP contribution is 2.42. The molecule has 5 rings (SSSR count). The molecular weight excluding hydrogens is 262 g/mol. The monoisotopic (exact) mass is 273 g/mol. The van der Waals surface area contributed by atoms with Gasteiger partial charge in [0.25, 0.3) is 0 Å². The summed E-state index contributed by atoms with van der Waals surface area (Å²) in [7, 11) is 0. The molecule has 2 heterocycles. The molecule has 0 fully saturated rings. The molecule has 20 heavy (non-hydrogen) atoms. The van der Waals surface area contributed by atoms with Gasteiger partial charge in [0.15, 0.2) is 0 Å². The number of pyridine rings is 1. The SMILES string of the molecule is c1ccc2c(c1)cc1c3c(ccnc32)-c2cscc2C1. The molecule has 0 unspecified atom stereocenters. The van der Waals surface area contributed by atoms with Crippen LogP contribution in [0.4, 0.5) is 0 Å². The van der Waals surface area contributed by atoms with E-state index >= 15 is 0 Å². The fourth-order valence-corrected chi connectivity index (χ4v) is 4.21. The Bertz CT molecular complexity index is 981. The van der Waals surface area contributed by atoms with Gasteiger partial charge < -0.3 is 0 Å². The second-order valence-corrected chi connectivity index (χ2v) is 6.07. The van der Waals surface area contributed by atoms with Crippen molar-refractivity contribution < 1.29 is 0 Å². The van der Waals surface area contributed by atoms with Crippen LogP contribution >= 0.6 is 11.3 Å². The van der Waals surface area contributed by atoms with E-state index in [2.05, 4.69) is 52.1 Å². The Hall–Kier alpha value is -2.19. The molecule has 0 saturated carbocycles. The number of rotatable bonds is 0. The van der Waals surface area contributed by atoms with Crippen molar-refractivity contribution in [1.82, 2.24) is 4.98 Å². The number of hydrogen-bond acceptors (Lipinski definition) is 2. The number of benzene rings is 2. The van der Waals surface area contributed by atoms with E-state index in [1.807, 2.05) is 6.20 Å². The minimum atomic E-state index is 1.03. The van der Waals surface area contributed by atoms with Crippen molar-refractivity contribution >= 4 is 33.0 Å². The largest absolute Gasteiger partial charge is 0.256 e. The number of nitrogens with zero attached hydrogens (tertiary/aromatic N) is 1. The first-order valence-electron chi connectivity index (χ1n) is 6.76. The van der Waals surface area contributed by atoms with Crippen molar-refractivity contribution in [3.05, 3.63) is 64.5 Å². The molecule has 94 valence electrons. The fraction of sp³-hybridized carbons (Fsp3) is 0.0556. The molecule has 0 aliphatic heterocycles. The third-order valence-corrected chi connectivity index (χ3v) is 5.02. The van der Waals surface area contributed by atoms with Gasteiger partial charge in [-0.25, -0.2) is 0 Å². The summed E-state index contributed by atoms with van der Waals surface area (Å²) < 4.78 is 0. The lowest BCUT2D eigenvalue weighted by Gasteiger charge is -2.18. The van der Waals surface area contributed by atoms with E-state index in [0.717, 1.165) is 11.9 Å². The van der Waals surface area contributed by atoms with Crippen LogP contribution in [0.15, 0.2) is 53.4 Å². The van der Waals surface area contributed by atoms with E-state index in [4.69, 9.17) is 0 Å². The van der Waals surface area contributed by atoms with Crippen LogP contribution in [0, 0.1) is 0 Å². The highest BCUT2D eigenvalue weighted by Gasteiger charge is 2.20. The van der Waals surface area contributed by atoms with Crippen molar-refractivity contribution in [2.45, 2.75) is 6.42 Å². The first-order chi connectivity index (χ1) is 9.92. The summed E-state index contributed by atoms with van der Waals surface area (Å²) in [6.45, 7) is 0. The van der Waals surface area contributed by atoms with E-state index in [-0.39, 0.29) is 0 Å². The van der Waals surface area contributed by atoms with Gasteiger partial charge in [-0.1, -0.05) is 30.3 Å². The molecule has 0 N–H and O–H groups in total. The maximum absolute atomic E-state index is 4.67. The second kappa shape index (κ2) is 3.68. The molecule has 0 amide bonds. The third kappa shape index (κ3) is 1.24. The smallest absolute Gasteiger partial charge is 0.0789 e. The molecule has 0 bridgehead atoms. The fourth-order valence-electron chi connectivity index (χ4n) is 3.36. The Morgan fingerprint density at radius 1 is 0.950 bits per heavy atom. The zero-order valence-electron chi connectivity index (χ0n) is 10.8. The van der Waals surface area contributed by atoms with Crippen molar-refractivity contribution in [1.29, 1.82) is 0 Å². The van der Waals surface area contributed by atoms with Gasteiger partial charge in [-0.2, -0.15) is 11.3 Å². The third-order valence-electron chi connectivity index (χ3n) is 4.23. The van der Waals surface area contributed by atoms with Crippen LogP contribution in [0.1, 0.15) is 11.1 Å². The average Bonchev–Trinajstić information content (AvgIpc) is 2.96. The first-order valence-corrected chi connectivity index (χ1v) is 7.71. The van der Waals surface area contributed by atoms with Crippen LogP contribution < -0.4 is 0 Å². The molecular formula is C18H11NS. The Labute approximate surface area is 120 Å². The number of thiophene rings is 1. The highest BCUT2D eigenvalue weighted by atomic mass is 32.1. The number of aromatic nitrogens is 1.